The van der Waals surface area contributed by atoms with Crippen LogP contribution in [0.15, 0.2) is 54.7 Å². The zero-order valence-electron chi connectivity index (χ0n) is 27.5. The zero-order valence-corrected chi connectivity index (χ0v) is 29.0. The number of rotatable bonds is 8. The average Bonchev–Trinajstić information content (AvgIpc) is 3.67. The number of nitrogens with one attached hydrogen (secondary N) is 1. The van der Waals surface area contributed by atoms with Crippen LogP contribution < -0.4 is 14.8 Å². The van der Waals surface area contributed by atoms with Crippen LogP contribution in [0.25, 0.3) is 33.5 Å². The van der Waals surface area contributed by atoms with Crippen molar-refractivity contribution in [3.63, 3.8) is 0 Å². The van der Waals surface area contributed by atoms with Crippen LogP contribution >= 0.6 is 23.2 Å². The van der Waals surface area contributed by atoms with Gasteiger partial charge in [-0.1, -0.05) is 72.6 Å². The van der Waals surface area contributed by atoms with Crippen molar-refractivity contribution in [3.8, 4) is 45.1 Å². The molecule has 4 aliphatic rings. The first-order valence-electron chi connectivity index (χ1n) is 16.7. The molecule has 248 valence electrons. The summed E-state index contributed by atoms with van der Waals surface area (Å²) in [5, 5.41) is 4.31. The molecule has 1 unspecified atom stereocenters. The van der Waals surface area contributed by atoms with E-state index < -0.39 is 0 Å². The summed E-state index contributed by atoms with van der Waals surface area (Å²) in [6.45, 7) is 6.80. The van der Waals surface area contributed by atoms with Crippen LogP contribution in [0.1, 0.15) is 49.0 Å². The number of carbonyl (C=O) groups excluding carboxylic acids is 1. The minimum absolute atomic E-state index is 0.0906. The van der Waals surface area contributed by atoms with Gasteiger partial charge in [0, 0.05) is 73.0 Å². The van der Waals surface area contributed by atoms with Crippen LogP contribution in [0.2, 0.25) is 10.0 Å². The van der Waals surface area contributed by atoms with Crippen LogP contribution in [0, 0.1) is 5.92 Å². The molecule has 0 saturated carbocycles. The Morgan fingerprint density at radius 1 is 0.958 bits per heavy atom. The van der Waals surface area contributed by atoms with E-state index in [0.29, 0.717) is 40.6 Å². The number of hydrogen-bond donors (Lipinski definition) is 1. The predicted octanol–water partition coefficient (Wildman–Crippen LogP) is 7.21. The molecule has 3 aromatic carbocycles. The van der Waals surface area contributed by atoms with Crippen molar-refractivity contribution >= 4 is 29.1 Å². The molecule has 3 saturated heterocycles. The smallest absolute Gasteiger partial charge is 0.237 e. The normalized spacial score (nSPS) is 20.4. The molecule has 3 fully saturated rings. The quantitative estimate of drug-likeness (QED) is 0.210. The van der Waals surface area contributed by atoms with E-state index in [9.17, 15) is 4.79 Å². The lowest BCUT2D eigenvalue weighted by Gasteiger charge is -2.47. The fourth-order valence-corrected chi connectivity index (χ4v) is 8.90. The van der Waals surface area contributed by atoms with Crippen LogP contribution in [0.3, 0.4) is 0 Å². The van der Waals surface area contributed by atoms with Gasteiger partial charge in [0.25, 0.3) is 0 Å². The summed E-state index contributed by atoms with van der Waals surface area (Å²) in [6.07, 6.45) is 5.37. The molecule has 4 heterocycles. The molecule has 1 aliphatic carbocycles. The standard InChI is InChI=1S/C38H39Cl2N5O3/c1-22-17-45(18-22)31-11-10-23-14-24(15-32(47-2)34(23)31)25-6-4-7-26(35(25)39)27-8-5-9-28(36(27)40)29-16-41-30(37(42-29)48-3)19-44-20-38(21-44)13-12-33(46)43-38/h4-9,14-16,22,31H,10-13,17-21H2,1-3H3,(H,43,46). The number of fused-ring (bicyclic) bond motifs is 1. The Labute approximate surface area is 291 Å². The number of likely N-dealkylation sites (tertiary alicyclic amines) is 2. The number of aromatic nitrogens is 2. The fourth-order valence-electron chi connectivity index (χ4n) is 8.24. The van der Waals surface area contributed by atoms with E-state index in [1.807, 2.05) is 30.3 Å². The second-order valence-electron chi connectivity index (χ2n) is 13.9. The largest absolute Gasteiger partial charge is 0.496 e. The lowest BCUT2D eigenvalue weighted by molar-refractivity contribution is -0.120. The third-order valence-corrected chi connectivity index (χ3v) is 11.4. The lowest BCUT2D eigenvalue weighted by Crippen LogP contribution is -2.66. The molecule has 4 aromatic rings. The third-order valence-electron chi connectivity index (χ3n) is 10.5. The van der Waals surface area contributed by atoms with Crippen molar-refractivity contribution < 1.29 is 14.3 Å². The minimum Gasteiger partial charge on any atom is -0.496 e. The molecule has 3 aliphatic heterocycles. The molecule has 0 bridgehead atoms. The maximum Gasteiger partial charge on any atom is 0.237 e. The van der Waals surface area contributed by atoms with Gasteiger partial charge in [0.2, 0.25) is 11.8 Å². The summed E-state index contributed by atoms with van der Waals surface area (Å²) in [5.41, 5.74) is 8.32. The number of aryl methyl sites for hydroxylation is 1. The number of benzene rings is 3. The molecule has 10 heteroatoms. The van der Waals surface area contributed by atoms with E-state index in [1.165, 1.54) is 11.1 Å². The molecule has 8 nitrogen and oxygen atoms in total. The van der Waals surface area contributed by atoms with E-state index in [1.54, 1.807) is 20.4 Å². The van der Waals surface area contributed by atoms with E-state index >= 15 is 0 Å². The van der Waals surface area contributed by atoms with E-state index in [0.717, 1.165) is 90.6 Å². The number of methoxy groups -OCH3 is 2. The van der Waals surface area contributed by atoms with Gasteiger partial charge in [0.05, 0.1) is 41.7 Å². The van der Waals surface area contributed by atoms with E-state index in [2.05, 4.69) is 40.2 Å². The van der Waals surface area contributed by atoms with Crippen molar-refractivity contribution in [2.75, 3.05) is 40.4 Å². The zero-order chi connectivity index (χ0) is 33.2. The summed E-state index contributed by atoms with van der Waals surface area (Å²) >= 11 is 14.4. The van der Waals surface area contributed by atoms with Gasteiger partial charge in [0.1, 0.15) is 11.4 Å². The monoisotopic (exact) mass is 683 g/mol. The molecule has 8 rings (SSSR count). The Kier molecular flexibility index (Phi) is 8.11. The molecular weight excluding hydrogens is 645 g/mol. The van der Waals surface area contributed by atoms with Gasteiger partial charge in [-0.3, -0.25) is 19.6 Å². The number of hydrogen-bond acceptors (Lipinski definition) is 7. The van der Waals surface area contributed by atoms with Crippen molar-refractivity contribution in [1.82, 2.24) is 25.1 Å². The second kappa shape index (κ2) is 12.3. The Hall–Kier alpha value is -3.69. The highest BCUT2D eigenvalue weighted by Crippen LogP contribution is 2.48. The number of amides is 1. The molecule has 0 radical (unpaired) electrons. The van der Waals surface area contributed by atoms with Gasteiger partial charge in [-0.25, -0.2) is 4.98 Å². The van der Waals surface area contributed by atoms with Gasteiger partial charge < -0.3 is 14.8 Å². The maximum absolute atomic E-state index is 11.7. The molecule has 1 N–H and O–H groups in total. The highest BCUT2D eigenvalue weighted by Gasteiger charge is 2.47. The van der Waals surface area contributed by atoms with Crippen LogP contribution in [-0.2, 0) is 17.8 Å². The number of carbonyl (C=O) groups is 1. The predicted molar refractivity (Wildman–Crippen MR) is 189 cm³/mol. The Morgan fingerprint density at radius 2 is 1.67 bits per heavy atom. The number of nitrogens with zero attached hydrogens (tertiary/aromatic N) is 4. The van der Waals surface area contributed by atoms with E-state index in [-0.39, 0.29) is 11.4 Å². The van der Waals surface area contributed by atoms with Gasteiger partial charge in [-0.2, -0.15) is 0 Å². The van der Waals surface area contributed by atoms with Gasteiger partial charge in [-0.15, -0.1) is 0 Å². The minimum atomic E-state index is -0.0906. The van der Waals surface area contributed by atoms with Crippen molar-refractivity contribution in [2.45, 2.75) is 50.7 Å². The average molecular weight is 685 g/mol. The first-order valence-corrected chi connectivity index (χ1v) is 17.5. The summed E-state index contributed by atoms with van der Waals surface area (Å²) in [4.78, 5) is 26.1. The maximum atomic E-state index is 11.7. The topological polar surface area (TPSA) is 79.8 Å². The Morgan fingerprint density at radius 3 is 2.33 bits per heavy atom. The second-order valence-corrected chi connectivity index (χ2v) is 14.6. The number of ether oxygens (including phenoxy) is 2. The molecular formula is C38H39Cl2N5O3. The Bertz CT molecular complexity index is 1920. The third kappa shape index (κ3) is 5.43. The SMILES string of the molecule is COc1cc(-c2cccc(-c3cccc(-c4cnc(CN5CC6(CCC(=O)N6)C5)c(OC)n4)c3Cl)c2Cl)cc2c1C(N1CC(C)C1)CC2. The van der Waals surface area contributed by atoms with Crippen LogP contribution in [-0.4, -0.2) is 71.6 Å². The number of halogens is 2. The van der Waals surface area contributed by atoms with Crippen molar-refractivity contribution in [3.05, 3.63) is 81.6 Å². The first kappa shape index (κ1) is 31.6. The highest BCUT2D eigenvalue weighted by atomic mass is 35.5. The van der Waals surface area contributed by atoms with Crippen molar-refractivity contribution in [2.24, 2.45) is 5.92 Å². The summed E-state index contributed by atoms with van der Waals surface area (Å²) in [7, 11) is 3.37. The molecule has 1 spiro atoms. The molecule has 48 heavy (non-hydrogen) atoms. The van der Waals surface area contributed by atoms with E-state index in [4.69, 9.17) is 42.6 Å². The molecule has 1 aromatic heterocycles. The molecule has 1 amide bonds. The van der Waals surface area contributed by atoms with Crippen molar-refractivity contribution in [1.29, 1.82) is 0 Å². The summed E-state index contributed by atoms with van der Waals surface area (Å²) < 4.78 is 11.7. The lowest BCUT2D eigenvalue weighted by atomic mass is 9.88. The van der Waals surface area contributed by atoms with Crippen LogP contribution in [0.5, 0.6) is 11.6 Å². The van der Waals surface area contributed by atoms with Gasteiger partial charge in [0.15, 0.2) is 0 Å². The van der Waals surface area contributed by atoms with Gasteiger partial charge >= 0.3 is 0 Å². The summed E-state index contributed by atoms with van der Waals surface area (Å²) in [5.74, 6) is 2.28. The van der Waals surface area contributed by atoms with Gasteiger partial charge in [-0.05, 0) is 42.4 Å². The highest BCUT2D eigenvalue weighted by molar-refractivity contribution is 6.39. The fraction of sp³-hybridized carbons (Fsp3) is 0.395. The van der Waals surface area contributed by atoms with Crippen LogP contribution in [0.4, 0.5) is 0 Å². The Balaban J connectivity index is 1.07. The first-order chi connectivity index (χ1) is 23.3. The summed E-state index contributed by atoms with van der Waals surface area (Å²) in [6, 6.07) is 16.8. The molecule has 1 atom stereocenters.